The van der Waals surface area contributed by atoms with Crippen molar-refractivity contribution >= 4 is 29.9 Å². The highest BCUT2D eigenvalue weighted by atomic mass is 32.1. The molecular weight excluding hydrogens is 420 g/mol. The predicted molar refractivity (Wildman–Crippen MR) is 132 cm³/mol. The lowest BCUT2D eigenvalue weighted by Crippen LogP contribution is -2.41. The van der Waals surface area contributed by atoms with Crippen molar-refractivity contribution in [3.63, 3.8) is 0 Å². The van der Waals surface area contributed by atoms with Crippen LogP contribution in [0.15, 0.2) is 60.7 Å². The molecule has 6 heteroatoms. The van der Waals surface area contributed by atoms with Gasteiger partial charge in [0.25, 0.3) is 0 Å². The fraction of sp³-hybridized carbons (Fsp3) is 0.269. The lowest BCUT2D eigenvalue weighted by atomic mass is 9.86. The van der Waals surface area contributed by atoms with E-state index in [-0.39, 0.29) is 23.8 Å². The number of benzene rings is 3. The van der Waals surface area contributed by atoms with Gasteiger partial charge in [-0.25, -0.2) is 0 Å². The molecule has 5 nitrogen and oxygen atoms in total. The van der Waals surface area contributed by atoms with Crippen molar-refractivity contribution in [3.8, 4) is 11.5 Å². The molecule has 0 aromatic heterocycles. The minimum atomic E-state index is -0.317. The predicted octanol–water partition coefficient (Wildman–Crippen LogP) is 5.31. The van der Waals surface area contributed by atoms with E-state index in [0.29, 0.717) is 17.2 Å². The Labute approximate surface area is 194 Å². The van der Waals surface area contributed by atoms with E-state index in [0.717, 1.165) is 34.4 Å². The number of amides is 1. The second kappa shape index (κ2) is 9.17. The number of methoxy groups -OCH3 is 1. The van der Waals surface area contributed by atoms with Crippen molar-refractivity contribution in [3.05, 3.63) is 82.9 Å². The molecule has 0 aliphatic carbocycles. The molecule has 0 spiro atoms. The Bertz CT molecular complexity index is 1110. The molecule has 4 rings (SSSR count). The molecule has 0 radical (unpaired) electrons. The number of rotatable bonds is 6. The second-order valence-corrected chi connectivity index (χ2v) is 8.60. The number of hydrogen-bond donors (Lipinski definition) is 2. The maximum atomic E-state index is 13.4. The molecule has 2 atom stereocenters. The van der Waals surface area contributed by atoms with Gasteiger partial charge in [-0.3, -0.25) is 4.79 Å². The molecule has 1 unspecified atom stereocenters. The van der Waals surface area contributed by atoms with Crippen molar-refractivity contribution in [2.45, 2.75) is 38.2 Å². The van der Waals surface area contributed by atoms with Crippen LogP contribution in [0, 0.1) is 6.92 Å². The van der Waals surface area contributed by atoms with Crippen LogP contribution in [0.5, 0.6) is 11.5 Å². The van der Waals surface area contributed by atoms with Gasteiger partial charge in [0.05, 0.1) is 19.6 Å². The Kier molecular flexibility index (Phi) is 6.33. The molecule has 1 heterocycles. The maximum absolute atomic E-state index is 13.4. The molecule has 0 bridgehead atoms. The summed E-state index contributed by atoms with van der Waals surface area (Å²) in [4.78, 5) is 15.3. The summed E-state index contributed by atoms with van der Waals surface area (Å²) >= 11 is 4.50. The van der Waals surface area contributed by atoms with Crippen LogP contribution < -0.4 is 20.1 Å². The van der Waals surface area contributed by atoms with Gasteiger partial charge in [-0.05, 0) is 66.4 Å². The SMILES string of the molecule is CC[C@@H](S)Oc1cc2c(cc1OC)CC(=O)N(c1ccc(C)cc1)C2c1ccc(N)cc1. The Morgan fingerprint density at radius 1 is 1.09 bits per heavy atom. The zero-order valence-corrected chi connectivity index (χ0v) is 19.4. The molecular formula is C26H28N2O3S. The average Bonchev–Trinajstić information content (AvgIpc) is 2.79. The van der Waals surface area contributed by atoms with E-state index in [1.54, 1.807) is 7.11 Å². The smallest absolute Gasteiger partial charge is 0.232 e. The maximum Gasteiger partial charge on any atom is 0.232 e. The minimum absolute atomic E-state index is 0.0273. The first-order valence-electron chi connectivity index (χ1n) is 10.7. The Morgan fingerprint density at radius 2 is 1.78 bits per heavy atom. The van der Waals surface area contributed by atoms with Crippen LogP contribution in [0.4, 0.5) is 11.4 Å². The molecule has 1 aliphatic rings. The molecule has 0 fully saturated rings. The highest BCUT2D eigenvalue weighted by Gasteiger charge is 2.36. The summed E-state index contributed by atoms with van der Waals surface area (Å²) < 4.78 is 11.6. The van der Waals surface area contributed by atoms with E-state index in [1.807, 2.05) is 79.4 Å². The summed E-state index contributed by atoms with van der Waals surface area (Å²) in [6.07, 6.45) is 1.03. The first-order chi connectivity index (χ1) is 15.4. The number of ether oxygens (including phenoxy) is 2. The molecule has 0 saturated heterocycles. The summed E-state index contributed by atoms with van der Waals surface area (Å²) in [5, 5.41) is 0. The lowest BCUT2D eigenvalue weighted by Gasteiger charge is -2.38. The van der Waals surface area contributed by atoms with Crippen LogP contribution in [0.2, 0.25) is 0 Å². The number of anilines is 2. The van der Waals surface area contributed by atoms with Crippen molar-refractivity contribution in [2.75, 3.05) is 17.7 Å². The fourth-order valence-corrected chi connectivity index (χ4v) is 4.16. The third kappa shape index (κ3) is 4.28. The van der Waals surface area contributed by atoms with E-state index >= 15 is 0 Å². The number of nitrogens with zero attached hydrogens (tertiary/aromatic N) is 1. The van der Waals surface area contributed by atoms with Crippen LogP contribution in [-0.2, 0) is 11.2 Å². The van der Waals surface area contributed by atoms with E-state index in [1.165, 1.54) is 0 Å². The normalized spacial score (nSPS) is 16.4. The number of thiol groups is 1. The summed E-state index contributed by atoms with van der Waals surface area (Å²) in [5.41, 5.74) is 11.3. The van der Waals surface area contributed by atoms with Gasteiger partial charge in [-0.2, -0.15) is 0 Å². The van der Waals surface area contributed by atoms with Crippen LogP contribution >= 0.6 is 12.6 Å². The Hall–Kier alpha value is -3.12. The number of nitrogen functional groups attached to an aromatic ring is 1. The monoisotopic (exact) mass is 448 g/mol. The van der Waals surface area contributed by atoms with Crippen LogP contribution in [-0.4, -0.2) is 18.5 Å². The quantitative estimate of drug-likeness (QED) is 0.305. The summed E-state index contributed by atoms with van der Waals surface area (Å²) in [6, 6.07) is 19.3. The molecule has 2 N–H and O–H groups in total. The van der Waals surface area contributed by atoms with Gasteiger partial charge >= 0.3 is 0 Å². The molecule has 1 aliphatic heterocycles. The molecule has 1 amide bonds. The summed E-state index contributed by atoms with van der Waals surface area (Å²) in [6.45, 7) is 4.05. The van der Waals surface area contributed by atoms with Gasteiger partial charge in [0, 0.05) is 11.4 Å². The van der Waals surface area contributed by atoms with Crippen molar-refractivity contribution in [1.82, 2.24) is 0 Å². The zero-order chi connectivity index (χ0) is 22.8. The first-order valence-corrected chi connectivity index (χ1v) is 11.2. The van der Waals surface area contributed by atoms with Crippen molar-refractivity contribution in [2.24, 2.45) is 0 Å². The van der Waals surface area contributed by atoms with E-state index in [4.69, 9.17) is 15.2 Å². The number of carbonyl (C=O) groups is 1. The Morgan fingerprint density at radius 3 is 2.41 bits per heavy atom. The van der Waals surface area contributed by atoms with Crippen LogP contribution in [0.3, 0.4) is 0 Å². The fourth-order valence-electron chi connectivity index (χ4n) is 4.04. The average molecular weight is 449 g/mol. The molecule has 32 heavy (non-hydrogen) atoms. The van der Waals surface area contributed by atoms with Crippen molar-refractivity contribution < 1.29 is 14.3 Å². The second-order valence-electron chi connectivity index (χ2n) is 8.03. The van der Waals surface area contributed by atoms with Gasteiger partial charge < -0.3 is 20.1 Å². The highest BCUT2D eigenvalue weighted by molar-refractivity contribution is 7.80. The van der Waals surface area contributed by atoms with E-state index in [9.17, 15) is 4.79 Å². The molecule has 3 aromatic rings. The molecule has 166 valence electrons. The first kappa shape index (κ1) is 22.1. The van der Waals surface area contributed by atoms with Gasteiger partial charge in [0.2, 0.25) is 5.91 Å². The van der Waals surface area contributed by atoms with Gasteiger partial charge in [0.1, 0.15) is 5.44 Å². The minimum Gasteiger partial charge on any atom is -0.493 e. The summed E-state index contributed by atoms with van der Waals surface area (Å²) in [7, 11) is 1.61. The third-order valence-corrected chi connectivity index (χ3v) is 6.24. The highest BCUT2D eigenvalue weighted by Crippen LogP contribution is 2.43. The van der Waals surface area contributed by atoms with Gasteiger partial charge in [0.15, 0.2) is 11.5 Å². The topological polar surface area (TPSA) is 64.8 Å². The number of carbonyl (C=O) groups excluding carboxylic acids is 1. The molecule has 0 saturated carbocycles. The standard InChI is InChI=1S/C26H28N2O3S/c1-4-25(32)31-23-15-21-18(13-22(23)30-3)14-24(29)28(20-11-5-16(2)6-12-20)26(21)17-7-9-19(27)10-8-17/h5-13,15,25-26,32H,4,14,27H2,1-3H3/t25-,26?/m1/s1. The lowest BCUT2D eigenvalue weighted by molar-refractivity contribution is -0.118. The molecule has 3 aromatic carbocycles. The Balaban J connectivity index is 1.90. The van der Waals surface area contributed by atoms with E-state index in [2.05, 4.69) is 12.6 Å². The zero-order valence-electron chi connectivity index (χ0n) is 18.5. The largest absolute Gasteiger partial charge is 0.493 e. The third-order valence-electron chi connectivity index (χ3n) is 5.77. The van der Waals surface area contributed by atoms with E-state index < -0.39 is 0 Å². The summed E-state index contributed by atoms with van der Waals surface area (Å²) in [5.74, 6) is 1.25. The van der Waals surface area contributed by atoms with Gasteiger partial charge in [-0.1, -0.05) is 36.8 Å². The van der Waals surface area contributed by atoms with Crippen molar-refractivity contribution in [1.29, 1.82) is 0 Å². The number of hydrogen-bond acceptors (Lipinski definition) is 5. The van der Waals surface area contributed by atoms with Crippen LogP contribution in [0.25, 0.3) is 0 Å². The number of fused-ring (bicyclic) bond motifs is 1. The number of aryl methyl sites for hydroxylation is 1. The van der Waals surface area contributed by atoms with Crippen LogP contribution in [0.1, 0.15) is 41.6 Å². The van der Waals surface area contributed by atoms with Gasteiger partial charge in [-0.15, -0.1) is 12.6 Å². The number of nitrogens with two attached hydrogens (primary N) is 1.